The van der Waals surface area contributed by atoms with Gasteiger partial charge in [0, 0.05) is 14.1 Å². The van der Waals surface area contributed by atoms with Crippen LogP contribution in [0.5, 0.6) is 0 Å². The topological polar surface area (TPSA) is 33.4 Å². The largest absolute Gasteiger partial charge is 0.361 e. The minimum absolute atomic E-state index is 0.957. The van der Waals surface area contributed by atoms with Crippen molar-refractivity contribution in [3.05, 3.63) is 36.3 Å². The van der Waals surface area contributed by atoms with E-state index in [0.717, 1.165) is 28.1 Å². The van der Waals surface area contributed by atoms with E-state index in [0.29, 0.717) is 0 Å². The maximum absolute atomic E-state index is 4.70. The van der Waals surface area contributed by atoms with Crippen molar-refractivity contribution in [1.82, 2.24) is 14.4 Å². The van der Waals surface area contributed by atoms with Gasteiger partial charge in [-0.2, -0.15) is 0 Å². The Labute approximate surface area is 99.5 Å². The summed E-state index contributed by atoms with van der Waals surface area (Å²) in [5.74, 6) is 0.957. The van der Waals surface area contributed by atoms with Gasteiger partial charge >= 0.3 is 0 Å². The first-order valence-corrected chi connectivity index (χ1v) is 5.58. The molecule has 0 aliphatic carbocycles. The van der Waals surface area contributed by atoms with E-state index >= 15 is 0 Å². The van der Waals surface area contributed by atoms with E-state index in [1.165, 1.54) is 0 Å². The van der Waals surface area contributed by atoms with Crippen molar-refractivity contribution in [2.24, 2.45) is 0 Å². The molecule has 0 spiro atoms. The molecule has 0 N–H and O–H groups in total. The molecule has 1 aromatic carbocycles. The van der Waals surface area contributed by atoms with Gasteiger partial charge in [0.1, 0.15) is 11.8 Å². The van der Waals surface area contributed by atoms with Gasteiger partial charge in [-0.25, -0.2) is 9.97 Å². The highest BCUT2D eigenvalue weighted by molar-refractivity contribution is 5.85. The normalized spacial score (nSPS) is 11.2. The van der Waals surface area contributed by atoms with E-state index < -0.39 is 0 Å². The fourth-order valence-corrected chi connectivity index (χ4v) is 2.13. The lowest BCUT2D eigenvalue weighted by Crippen LogP contribution is -2.12. The van der Waals surface area contributed by atoms with Crippen LogP contribution in [0.1, 0.15) is 5.69 Å². The Morgan fingerprint density at radius 1 is 1.18 bits per heavy atom. The Balaban J connectivity index is 2.56. The van der Waals surface area contributed by atoms with E-state index in [1.807, 2.05) is 50.4 Å². The van der Waals surface area contributed by atoms with Gasteiger partial charge in [0.2, 0.25) is 0 Å². The zero-order chi connectivity index (χ0) is 12.0. The van der Waals surface area contributed by atoms with Crippen molar-refractivity contribution in [1.29, 1.82) is 0 Å². The van der Waals surface area contributed by atoms with E-state index in [1.54, 1.807) is 0 Å². The molecule has 0 fully saturated rings. The highest BCUT2D eigenvalue weighted by Gasteiger charge is 2.12. The van der Waals surface area contributed by atoms with E-state index in [2.05, 4.69) is 15.5 Å². The zero-order valence-electron chi connectivity index (χ0n) is 10.2. The lowest BCUT2D eigenvalue weighted by atomic mass is 10.2. The summed E-state index contributed by atoms with van der Waals surface area (Å²) in [7, 11) is 4.01. The summed E-state index contributed by atoms with van der Waals surface area (Å²) in [6, 6.07) is 8.12. The number of aromatic nitrogens is 3. The van der Waals surface area contributed by atoms with E-state index in [-0.39, 0.29) is 0 Å². The van der Waals surface area contributed by atoms with Crippen LogP contribution >= 0.6 is 0 Å². The van der Waals surface area contributed by atoms with Crippen molar-refractivity contribution in [3.63, 3.8) is 0 Å². The third-order valence-corrected chi connectivity index (χ3v) is 2.95. The number of anilines is 1. The van der Waals surface area contributed by atoms with Crippen LogP contribution < -0.4 is 4.90 Å². The van der Waals surface area contributed by atoms with Crippen molar-refractivity contribution >= 4 is 22.4 Å². The molecule has 0 saturated heterocycles. The Kier molecular flexibility index (Phi) is 2.04. The monoisotopic (exact) mass is 226 g/mol. The molecule has 2 aromatic heterocycles. The molecule has 4 heteroatoms. The molecule has 3 rings (SSSR count). The number of hydrogen-bond donors (Lipinski definition) is 0. The summed E-state index contributed by atoms with van der Waals surface area (Å²) in [4.78, 5) is 11.1. The van der Waals surface area contributed by atoms with Gasteiger partial charge in [0.25, 0.3) is 0 Å². The maximum Gasteiger partial charge on any atom is 0.155 e. The highest BCUT2D eigenvalue weighted by atomic mass is 15.2. The molecule has 0 aliphatic rings. The quantitative estimate of drug-likeness (QED) is 0.638. The molecular formula is C13H14N4. The van der Waals surface area contributed by atoms with Gasteiger partial charge in [-0.3, -0.25) is 4.40 Å². The van der Waals surface area contributed by atoms with Crippen LogP contribution in [0, 0.1) is 6.92 Å². The van der Waals surface area contributed by atoms with Gasteiger partial charge in [-0.1, -0.05) is 12.1 Å². The SMILES string of the molecule is Cc1ncn2c1c(N(C)C)nc1ccccc12. The number of imidazole rings is 1. The average molecular weight is 226 g/mol. The molecule has 17 heavy (non-hydrogen) atoms. The minimum Gasteiger partial charge on any atom is -0.361 e. The molecule has 86 valence electrons. The molecule has 4 nitrogen and oxygen atoms in total. The molecule has 0 amide bonds. The molecule has 3 aromatic rings. The first kappa shape index (κ1) is 10.1. The number of nitrogens with zero attached hydrogens (tertiary/aromatic N) is 4. The molecule has 0 saturated carbocycles. The van der Waals surface area contributed by atoms with Crippen molar-refractivity contribution < 1.29 is 0 Å². The molecule has 0 bridgehead atoms. The van der Waals surface area contributed by atoms with Crippen LogP contribution in [0.4, 0.5) is 5.82 Å². The summed E-state index contributed by atoms with van der Waals surface area (Å²) in [5.41, 5.74) is 4.16. The standard InChI is InChI=1S/C13H14N4/c1-9-12-13(16(2)3)15-10-6-4-5-7-11(10)17(12)8-14-9/h4-8H,1-3H3. The van der Waals surface area contributed by atoms with Crippen LogP contribution in [0.25, 0.3) is 16.6 Å². The number of aryl methyl sites for hydroxylation is 1. The molecule has 0 atom stereocenters. The van der Waals surface area contributed by atoms with Crippen molar-refractivity contribution in [2.75, 3.05) is 19.0 Å². The van der Waals surface area contributed by atoms with Crippen LogP contribution in [-0.4, -0.2) is 28.5 Å². The molecule has 0 aliphatic heterocycles. The smallest absolute Gasteiger partial charge is 0.155 e. The second-order valence-electron chi connectivity index (χ2n) is 4.37. The molecular weight excluding hydrogens is 212 g/mol. The van der Waals surface area contributed by atoms with Gasteiger partial charge in [-0.05, 0) is 19.1 Å². The lowest BCUT2D eigenvalue weighted by molar-refractivity contribution is 1.07. The van der Waals surface area contributed by atoms with Crippen LogP contribution in [0.2, 0.25) is 0 Å². The van der Waals surface area contributed by atoms with Crippen molar-refractivity contribution in [3.8, 4) is 0 Å². The highest BCUT2D eigenvalue weighted by Crippen LogP contribution is 2.25. The molecule has 0 radical (unpaired) electrons. The first-order chi connectivity index (χ1) is 8.18. The fourth-order valence-electron chi connectivity index (χ4n) is 2.13. The summed E-state index contributed by atoms with van der Waals surface area (Å²) in [6.07, 6.45) is 1.86. The van der Waals surface area contributed by atoms with Crippen LogP contribution in [-0.2, 0) is 0 Å². The van der Waals surface area contributed by atoms with Crippen LogP contribution in [0.3, 0.4) is 0 Å². The third-order valence-electron chi connectivity index (χ3n) is 2.95. The van der Waals surface area contributed by atoms with Gasteiger partial charge in [-0.15, -0.1) is 0 Å². The Morgan fingerprint density at radius 3 is 2.71 bits per heavy atom. The average Bonchev–Trinajstić information content (AvgIpc) is 2.71. The number of benzene rings is 1. The number of fused-ring (bicyclic) bond motifs is 3. The second kappa shape index (κ2) is 3.45. The third kappa shape index (κ3) is 1.37. The Hall–Kier alpha value is -2.10. The predicted molar refractivity (Wildman–Crippen MR) is 69.6 cm³/mol. The summed E-state index contributed by atoms with van der Waals surface area (Å²) >= 11 is 0. The van der Waals surface area contributed by atoms with Gasteiger partial charge in [0.05, 0.1) is 16.7 Å². The number of hydrogen-bond acceptors (Lipinski definition) is 3. The van der Waals surface area contributed by atoms with Gasteiger partial charge in [0.15, 0.2) is 5.82 Å². The minimum atomic E-state index is 0.957. The van der Waals surface area contributed by atoms with Crippen LogP contribution in [0.15, 0.2) is 30.6 Å². The predicted octanol–water partition coefficient (Wildman–Crippen LogP) is 2.26. The summed E-state index contributed by atoms with van der Waals surface area (Å²) in [6.45, 7) is 2.01. The number of rotatable bonds is 1. The number of para-hydroxylation sites is 2. The zero-order valence-corrected chi connectivity index (χ0v) is 10.2. The summed E-state index contributed by atoms with van der Waals surface area (Å²) in [5, 5.41) is 0. The molecule has 0 unspecified atom stereocenters. The van der Waals surface area contributed by atoms with E-state index in [9.17, 15) is 0 Å². The van der Waals surface area contributed by atoms with Crippen molar-refractivity contribution in [2.45, 2.75) is 6.92 Å². The summed E-state index contributed by atoms with van der Waals surface area (Å²) < 4.78 is 2.10. The Bertz CT molecular complexity index is 697. The fraction of sp³-hybridized carbons (Fsp3) is 0.231. The second-order valence-corrected chi connectivity index (χ2v) is 4.37. The van der Waals surface area contributed by atoms with E-state index in [4.69, 9.17) is 4.98 Å². The lowest BCUT2D eigenvalue weighted by Gasteiger charge is -2.15. The van der Waals surface area contributed by atoms with Gasteiger partial charge < -0.3 is 4.90 Å². The first-order valence-electron chi connectivity index (χ1n) is 5.58. The maximum atomic E-state index is 4.70. The Morgan fingerprint density at radius 2 is 1.94 bits per heavy atom. The molecule has 2 heterocycles.